The molecule has 0 atom stereocenters. The van der Waals surface area contributed by atoms with E-state index in [-0.39, 0.29) is 0 Å². The van der Waals surface area contributed by atoms with Crippen LogP contribution in [0.25, 0.3) is 11.0 Å². The van der Waals surface area contributed by atoms with Gasteiger partial charge in [0.2, 0.25) is 5.95 Å². The van der Waals surface area contributed by atoms with Crippen molar-refractivity contribution in [1.82, 2.24) is 9.55 Å². The van der Waals surface area contributed by atoms with Crippen LogP contribution < -0.4 is 10.5 Å². The molecule has 4 nitrogen and oxygen atoms in total. The summed E-state index contributed by atoms with van der Waals surface area (Å²) in [4.78, 5) is 4.47. The van der Waals surface area contributed by atoms with Gasteiger partial charge >= 0.3 is 0 Å². The first-order valence-corrected chi connectivity index (χ1v) is 6.92. The van der Waals surface area contributed by atoms with E-state index in [1.54, 1.807) is 7.11 Å². The molecule has 2 N–H and O–H groups in total. The highest BCUT2D eigenvalue weighted by molar-refractivity contribution is 5.84. The maximum Gasteiger partial charge on any atom is 0.201 e. The zero-order chi connectivity index (χ0) is 13.5. The monoisotopic (exact) mass is 259 g/mol. The van der Waals surface area contributed by atoms with Gasteiger partial charge in [-0.2, -0.15) is 0 Å². The van der Waals surface area contributed by atoms with E-state index in [1.807, 2.05) is 12.1 Å². The van der Waals surface area contributed by atoms with Gasteiger partial charge < -0.3 is 15.0 Å². The third kappa shape index (κ3) is 2.05. The highest BCUT2D eigenvalue weighted by Gasteiger charge is 2.30. The van der Waals surface area contributed by atoms with Gasteiger partial charge in [0.15, 0.2) is 0 Å². The van der Waals surface area contributed by atoms with E-state index in [2.05, 4.69) is 22.5 Å². The summed E-state index contributed by atoms with van der Waals surface area (Å²) in [5.41, 5.74) is 8.40. The van der Waals surface area contributed by atoms with Crippen LogP contribution in [0.3, 0.4) is 0 Å². The highest BCUT2D eigenvalue weighted by atomic mass is 16.5. The normalized spacial score (nSPS) is 18.0. The number of nitrogens with two attached hydrogens (primary N) is 1. The molecule has 1 aliphatic rings. The summed E-state index contributed by atoms with van der Waals surface area (Å²) in [6.45, 7) is 3.30. The number of benzene rings is 1. The molecular formula is C15H21N3O. The van der Waals surface area contributed by atoms with E-state index in [9.17, 15) is 0 Å². The van der Waals surface area contributed by atoms with Gasteiger partial charge in [0.25, 0.3) is 0 Å². The molecule has 1 aromatic heterocycles. The molecule has 0 saturated heterocycles. The summed E-state index contributed by atoms with van der Waals surface area (Å²) in [5.74, 6) is 1.38. The van der Waals surface area contributed by atoms with Gasteiger partial charge in [-0.3, -0.25) is 0 Å². The van der Waals surface area contributed by atoms with Crippen molar-refractivity contribution < 1.29 is 4.74 Å². The Labute approximate surface area is 113 Å². The van der Waals surface area contributed by atoms with Crippen molar-refractivity contribution in [2.75, 3.05) is 12.8 Å². The first-order valence-electron chi connectivity index (χ1n) is 6.92. The van der Waals surface area contributed by atoms with E-state index in [0.717, 1.165) is 23.3 Å². The maximum atomic E-state index is 6.11. The molecule has 2 aromatic rings. The largest absolute Gasteiger partial charge is 0.494 e. The first-order chi connectivity index (χ1) is 9.13. The van der Waals surface area contributed by atoms with Crippen molar-refractivity contribution in [1.29, 1.82) is 0 Å². The van der Waals surface area contributed by atoms with Gasteiger partial charge in [-0.05, 0) is 30.4 Å². The Morgan fingerprint density at radius 3 is 2.79 bits per heavy atom. The van der Waals surface area contributed by atoms with E-state index in [0.29, 0.717) is 11.4 Å². The number of fused-ring (bicyclic) bond motifs is 1. The minimum atomic E-state index is 0.352. The molecule has 0 unspecified atom stereocenters. The van der Waals surface area contributed by atoms with Gasteiger partial charge in [-0.25, -0.2) is 4.98 Å². The van der Waals surface area contributed by atoms with Crippen molar-refractivity contribution in [2.24, 2.45) is 5.41 Å². The predicted molar refractivity (Wildman–Crippen MR) is 77.3 cm³/mol. The van der Waals surface area contributed by atoms with Crippen LogP contribution in [0.1, 0.15) is 32.6 Å². The van der Waals surface area contributed by atoms with Gasteiger partial charge in [-0.1, -0.05) is 25.8 Å². The van der Waals surface area contributed by atoms with E-state index in [1.165, 1.54) is 25.7 Å². The SMILES string of the molecule is COc1cccc2c1nc(N)n2CC1(C)CCCC1. The van der Waals surface area contributed by atoms with E-state index in [4.69, 9.17) is 10.5 Å². The molecule has 1 saturated carbocycles. The fourth-order valence-corrected chi connectivity index (χ4v) is 3.24. The number of hydrogen-bond donors (Lipinski definition) is 1. The van der Waals surface area contributed by atoms with Gasteiger partial charge in [0.05, 0.1) is 12.6 Å². The second-order valence-electron chi connectivity index (χ2n) is 5.90. The summed E-state index contributed by atoms with van der Waals surface area (Å²) in [6, 6.07) is 5.99. The van der Waals surface area contributed by atoms with E-state index < -0.39 is 0 Å². The summed E-state index contributed by atoms with van der Waals surface area (Å²) < 4.78 is 7.50. The first kappa shape index (κ1) is 12.3. The minimum absolute atomic E-state index is 0.352. The van der Waals surface area contributed by atoms with Crippen LogP contribution in [-0.2, 0) is 6.54 Å². The number of methoxy groups -OCH3 is 1. The number of rotatable bonds is 3. The van der Waals surface area contributed by atoms with Crippen molar-refractivity contribution >= 4 is 17.0 Å². The number of anilines is 1. The lowest BCUT2D eigenvalue weighted by atomic mass is 9.89. The molecule has 0 radical (unpaired) electrons. The molecule has 3 rings (SSSR count). The molecule has 0 bridgehead atoms. The fraction of sp³-hybridized carbons (Fsp3) is 0.533. The zero-order valence-corrected chi connectivity index (χ0v) is 11.6. The smallest absolute Gasteiger partial charge is 0.201 e. The molecule has 19 heavy (non-hydrogen) atoms. The molecule has 1 fully saturated rings. The zero-order valence-electron chi connectivity index (χ0n) is 11.6. The van der Waals surface area contributed by atoms with Crippen LogP contribution in [0, 0.1) is 5.41 Å². The lowest BCUT2D eigenvalue weighted by Gasteiger charge is -2.24. The minimum Gasteiger partial charge on any atom is -0.494 e. The molecule has 102 valence electrons. The number of para-hydroxylation sites is 1. The average Bonchev–Trinajstić information content (AvgIpc) is 2.95. The molecule has 1 aromatic carbocycles. The number of ether oxygens (including phenoxy) is 1. The average molecular weight is 259 g/mol. The number of aromatic nitrogens is 2. The van der Waals surface area contributed by atoms with Crippen LogP contribution in [0.5, 0.6) is 5.75 Å². The Kier molecular flexibility index (Phi) is 2.88. The second kappa shape index (κ2) is 4.44. The number of imidazole rings is 1. The molecular weight excluding hydrogens is 238 g/mol. The Balaban J connectivity index is 2.06. The number of nitrogen functional groups attached to an aromatic ring is 1. The Morgan fingerprint density at radius 1 is 1.37 bits per heavy atom. The summed E-state index contributed by atoms with van der Waals surface area (Å²) in [6.07, 6.45) is 5.20. The van der Waals surface area contributed by atoms with Crippen molar-refractivity contribution in [3.05, 3.63) is 18.2 Å². The van der Waals surface area contributed by atoms with Crippen LogP contribution >= 0.6 is 0 Å². The number of nitrogens with zero attached hydrogens (tertiary/aromatic N) is 2. The van der Waals surface area contributed by atoms with Crippen molar-refractivity contribution in [3.8, 4) is 5.75 Å². The summed E-state index contributed by atoms with van der Waals surface area (Å²) >= 11 is 0. The number of hydrogen-bond acceptors (Lipinski definition) is 3. The highest BCUT2D eigenvalue weighted by Crippen LogP contribution is 2.40. The van der Waals surface area contributed by atoms with Gasteiger partial charge in [-0.15, -0.1) is 0 Å². The third-order valence-electron chi connectivity index (χ3n) is 4.34. The Hall–Kier alpha value is -1.71. The lowest BCUT2D eigenvalue weighted by molar-refractivity contribution is 0.287. The van der Waals surface area contributed by atoms with Gasteiger partial charge in [0.1, 0.15) is 11.3 Å². The standard InChI is InChI=1S/C15H21N3O/c1-15(8-3-4-9-15)10-18-11-6-5-7-12(19-2)13(11)17-14(18)16/h5-7H,3-4,8-10H2,1-2H3,(H2,16,17). The van der Waals surface area contributed by atoms with Gasteiger partial charge in [0, 0.05) is 6.54 Å². The molecule has 1 heterocycles. The van der Waals surface area contributed by atoms with Crippen LogP contribution in [0.2, 0.25) is 0 Å². The lowest BCUT2D eigenvalue weighted by Crippen LogP contribution is -2.20. The molecule has 1 aliphatic carbocycles. The molecule has 0 aliphatic heterocycles. The van der Waals surface area contributed by atoms with E-state index >= 15 is 0 Å². The molecule has 0 spiro atoms. The van der Waals surface area contributed by atoms with Crippen LogP contribution in [-0.4, -0.2) is 16.7 Å². The summed E-state index contributed by atoms with van der Waals surface area (Å²) in [5, 5.41) is 0. The van der Waals surface area contributed by atoms with Crippen LogP contribution in [0.4, 0.5) is 5.95 Å². The van der Waals surface area contributed by atoms with Crippen molar-refractivity contribution in [3.63, 3.8) is 0 Å². The fourth-order valence-electron chi connectivity index (χ4n) is 3.24. The quantitative estimate of drug-likeness (QED) is 0.920. The van der Waals surface area contributed by atoms with Crippen LogP contribution in [0.15, 0.2) is 18.2 Å². The molecule has 0 amide bonds. The predicted octanol–water partition coefficient (Wildman–Crippen LogP) is 3.21. The third-order valence-corrected chi connectivity index (χ3v) is 4.34. The Morgan fingerprint density at radius 2 is 2.11 bits per heavy atom. The van der Waals surface area contributed by atoms with Crippen molar-refractivity contribution in [2.45, 2.75) is 39.2 Å². The molecule has 4 heteroatoms. The Bertz CT molecular complexity index is 597. The topological polar surface area (TPSA) is 53.1 Å². The summed E-state index contributed by atoms with van der Waals surface area (Å²) in [7, 11) is 1.67. The maximum absolute atomic E-state index is 6.11. The second-order valence-corrected chi connectivity index (χ2v) is 5.90.